The first-order chi connectivity index (χ1) is 6.30. The van der Waals surface area contributed by atoms with Gasteiger partial charge in [0, 0.05) is 5.56 Å². The summed E-state index contributed by atoms with van der Waals surface area (Å²) in [7, 11) is 0. The Balaban J connectivity index is 3.27. The molecule has 0 aliphatic rings. The van der Waals surface area contributed by atoms with Crippen LogP contribution in [0.5, 0.6) is 0 Å². The van der Waals surface area contributed by atoms with Gasteiger partial charge in [-0.3, -0.25) is 0 Å². The van der Waals surface area contributed by atoms with Crippen LogP contribution in [0.1, 0.15) is 5.56 Å². The van der Waals surface area contributed by atoms with E-state index in [2.05, 4.69) is 0 Å². The Labute approximate surface area is 81.0 Å². The van der Waals surface area contributed by atoms with Crippen molar-refractivity contribution in [1.29, 1.82) is 0 Å². The first-order valence-electron chi connectivity index (χ1n) is 3.42. The lowest BCUT2D eigenvalue weighted by molar-refractivity contribution is -0.204. The zero-order valence-corrected chi connectivity index (χ0v) is 7.52. The summed E-state index contributed by atoms with van der Waals surface area (Å²) >= 11 is 0.957. The number of carboxylic acids is 1. The Morgan fingerprint density at radius 3 is 2.36 bits per heavy atom. The quantitative estimate of drug-likeness (QED) is 0.802. The van der Waals surface area contributed by atoms with Gasteiger partial charge in [-0.2, -0.15) is 24.5 Å². The largest absolute Gasteiger partial charge is 0.479 e. The zero-order chi connectivity index (χ0) is 11.0. The lowest BCUT2D eigenvalue weighted by Crippen LogP contribution is -2.56. The van der Waals surface area contributed by atoms with Gasteiger partial charge in [0.25, 0.3) is 0 Å². The molecule has 0 saturated heterocycles. The molecular formula is C7H6F3NO2S. The van der Waals surface area contributed by atoms with Crippen LogP contribution in [0.15, 0.2) is 16.8 Å². The topological polar surface area (TPSA) is 63.3 Å². The van der Waals surface area contributed by atoms with Crippen LogP contribution >= 0.6 is 11.3 Å². The van der Waals surface area contributed by atoms with E-state index in [9.17, 15) is 18.0 Å². The maximum atomic E-state index is 12.4. The minimum absolute atomic E-state index is 0.456. The number of alkyl halides is 3. The summed E-state index contributed by atoms with van der Waals surface area (Å²) < 4.78 is 37.3. The third kappa shape index (κ3) is 1.48. The highest BCUT2D eigenvalue weighted by Crippen LogP contribution is 2.37. The molecule has 0 aliphatic carbocycles. The fraction of sp³-hybridized carbons (Fsp3) is 0.286. The van der Waals surface area contributed by atoms with Crippen molar-refractivity contribution in [1.82, 2.24) is 0 Å². The van der Waals surface area contributed by atoms with Crippen molar-refractivity contribution < 1.29 is 23.1 Å². The number of hydrogen-bond donors (Lipinski definition) is 2. The minimum Gasteiger partial charge on any atom is -0.479 e. The standard InChI is InChI=1S/C7H6F3NO2S/c8-7(9,10)6(11,5(12)13)4-1-2-14-3-4/h1-3H,11H2,(H,12,13). The summed E-state index contributed by atoms with van der Waals surface area (Å²) in [4.78, 5) is 10.5. The average Bonchev–Trinajstić information content (AvgIpc) is 2.52. The maximum absolute atomic E-state index is 12.4. The summed E-state index contributed by atoms with van der Waals surface area (Å²) in [6.45, 7) is 0. The van der Waals surface area contributed by atoms with Crippen molar-refractivity contribution in [2.75, 3.05) is 0 Å². The number of thiophene rings is 1. The molecule has 1 heterocycles. The van der Waals surface area contributed by atoms with Crippen LogP contribution in [0.3, 0.4) is 0 Å². The molecule has 0 amide bonds. The van der Waals surface area contributed by atoms with Crippen molar-refractivity contribution in [3.05, 3.63) is 22.4 Å². The van der Waals surface area contributed by atoms with Gasteiger partial charge in [0.1, 0.15) is 0 Å². The molecule has 0 aromatic carbocycles. The van der Waals surface area contributed by atoms with Crippen molar-refractivity contribution in [3.63, 3.8) is 0 Å². The van der Waals surface area contributed by atoms with Crippen molar-refractivity contribution >= 4 is 17.3 Å². The Kier molecular flexibility index (Phi) is 2.55. The molecule has 7 heteroatoms. The number of hydrogen-bond acceptors (Lipinski definition) is 3. The molecule has 1 unspecified atom stereocenters. The van der Waals surface area contributed by atoms with Gasteiger partial charge >= 0.3 is 12.1 Å². The van der Waals surface area contributed by atoms with E-state index in [4.69, 9.17) is 10.8 Å². The fourth-order valence-corrected chi connectivity index (χ4v) is 1.61. The van der Waals surface area contributed by atoms with Crippen LogP contribution in [0.4, 0.5) is 13.2 Å². The van der Waals surface area contributed by atoms with Gasteiger partial charge in [-0.1, -0.05) is 0 Å². The fourth-order valence-electron chi connectivity index (χ4n) is 0.897. The molecule has 0 bridgehead atoms. The Morgan fingerprint density at radius 2 is 2.07 bits per heavy atom. The number of carboxylic acid groups (broad SMARTS) is 1. The zero-order valence-electron chi connectivity index (χ0n) is 6.71. The van der Waals surface area contributed by atoms with Gasteiger partial charge in [0.05, 0.1) is 0 Å². The first-order valence-corrected chi connectivity index (χ1v) is 4.36. The number of halogens is 3. The third-order valence-corrected chi connectivity index (χ3v) is 2.44. The Bertz CT molecular complexity index is 335. The maximum Gasteiger partial charge on any atom is 0.421 e. The van der Waals surface area contributed by atoms with Gasteiger partial charge in [0.15, 0.2) is 0 Å². The van der Waals surface area contributed by atoms with Crippen molar-refractivity contribution in [2.24, 2.45) is 5.73 Å². The van der Waals surface area contributed by atoms with Crippen molar-refractivity contribution in [3.8, 4) is 0 Å². The molecule has 0 spiro atoms. The lowest BCUT2D eigenvalue weighted by Gasteiger charge is -2.26. The van der Waals surface area contributed by atoms with Crippen LogP contribution in [-0.4, -0.2) is 17.3 Å². The highest BCUT2D eigenvalue weighted by molar-refractivity contribution is 7.08. The Morgan fingerprint density at radius 1 is 1.50 bits per heavy atom. The van der Waals surface area contributed by atoms with Gasteiger partial charge in [-0.05, 0) is 16.8 Å². The molecule has 3 N–H and O–H groups in total. The number of carbonyl (C=O) groups is 1. The van der Waals surface area contributed by atoms with E-state index in [-0.39, 0.29) is 0 Å². The predicted molar refractivity (Wildman–Crippen MR) is 43.9 cm³/mol. The van der Waals surface area contributed by atoms with E-state index in [1.54, 1.807) is 0 Å². The average molecular weight is 225 g/mol. The first kappa shape index (κ1) is 11.0. The molecule has 0 fully saturated rings. The van der Waals surface area contributed by atoms with Crippen molar-refractivity contribution in [2.45, 2.75) is 11.7 Å². The second-order valence-electron chi connectivity index (χ2n) is 2.62. The molecule has 1 aromatic heterocycles. The molecule has 14 heavy (non-hydrogen) atoms. The summed E-state index contributed by atoms with van der Waals surface area (Å²) in [5.74, 6) is -2.11. The highest BCUT2D eigenvalue weighted by atomic mass is 32.1. The number of rotatable bonds is 2. The van der Waals surface area contributed by atoms with E-state index in [0.29, 0.717) is 0 Å². The lowest BCUT2D eigenvalue weighted by atomic mass is 9.93. The Hall–Kier alpha value is -1.08. The van der Waals surface area contributed by atoms with Gasteiger partial charge in [-0.25, -0.2) is 4.79 Å². The summed E-state index contributed by atoms with van der Waals surface area (Å²) in [5, 5.41) is 10.9. The summed E-state index contributed by atoms with van der Waals surface area (Å²) in [5.41, 5.74) is 1.10. The molecule has 1 atom stereocenters. The van der Waals surface area contributed by atoms with E-state index < -0.39 is 23.2 Å². The van der Waals surface area contributed by atoms with Crippen LogP contribution in [-0.2, 0) is 10.3 Å². The van der Waals surface area contributed by atoms with Crippen LogP contribution in [0.25, 0.3) is 0 Å². The normalized spacial score (nSPS) is 16.3. The SMILES string of the molecule is NC(C(=O)O)(c1ccsc1)C(F)(F)F. The molecule has 0 radical (unpaired) electrons. The highest BCUT2D eigenvalue weighted by Gasteiger charge is 2.59. The monoisotopic (exact) mass is 225 g/mol. The third-order valence-electron chi connectivity index (χ3n) is 1.76. The molecule has 1 rings (SSSR count). The molecule has 0 aliphatic heterocycles. The molecule has 0 saturated carbocycles. The molecule has 78 valence electrons. The number of nitrogens with two attached hydrogens (primary N) is 1. The van der Waals surface area contributed by atoms with E-state index >= 15 is 0 Å². The second-order valence-corrected chi connectivity index (χ2v) is 3.40. The van der Waals surface area contributed by atoms with Crippen LogP contribution < -0.4 is 5.73 Å². The van der Waals surface area contributed by atoms with E-state index in [0.717, 1.165) is 22.8 Å². The molecule has 3 nitrogen and oxygen atoms in total. The molecule has 1 aromatic rings. The van der Waals surface area contributed by atoms with Gasteiger partial charge in [0.2, 0.25) is 5.54 Å². The molecular weight excluding hydrogens is 219 g/mol. The second kappa shape index (κ2) is 3.25. The van der Waals surface area contributed by atoms with Crippen LogP contribution in [0, 0.1) is 0 Å². The van der Waals surface area contributed by atoms with Gasteiger partial charge in [-0.15, -0.1) is 0 Å². The van der Waals surface area contributed by atoms with E-state index in [1.807, 2.05) is 0 Å². The predicted octanol–water partition coefficient (Wildman–Crippen LogP) is 1.55. The number of aliphatic carboxylic acids is 1. The minimum atomic E-state index is -5.01. The summed E-state index contributed by atoms with van der Waals surface area (Å²) in [6, 6.07) is 1.05. The van der Waals surface area contributed by atoms with Gasteiger partial charge < -0.3 is 10.8 Å². The van der Waals surface area contributed by atoms with E-state index in [1.165, 1.54) is 5.38 Å². The van der Waals surface area contributed by atoms with Crippen LogP contribution in [0.2, 0.25) is 0 Å². The smallest absolute Gasteiger partial charge is 0.421 e. The summed E-state index contributed by atoms with van der Waals surface area (Å²) in [6.07, 6.45) is -5.01.